The van der Waals surface area contributed by atoms with Crippen LogP contribution in [0.1, 0.15) is 18.1 Å². The molecule has 4 heteroatoms. The summed E-state index contributed by atoms with van der Waals surface area (Å²) in [6, 6.07) is 3.51. The number of methoxy groups -OCH3 is 2. The molecular weight excluding hydrogens is 196 g/mol. The minimum Gasteiger partial charge on any atom is -0.493 e. The summed E-state index contributed by atoms with van der Waals surface area (Å²) in [7, 11) is 3.14. The molecule has 2 rings (SSSR count). The summed E-state index contributed by atoms with van der Waals surface area (Å²) in [5, 5.41) is 9.77. The van der Waals surface area contributed by atoms with Gasteiger partial charge in [0.2, 0.25) is 0 Å². The van der Waals surface area contributed by atoms with Gasteiger partial charge in [0.25, 0.3) is 0 Å². The largest absolute Gasteiger partial charge is 0.493 e. The van der Waals surface area contributed by atoms with E-state index in [1.165, 1.54) is 0 Å². The van der Waals surface area contributed by atoms with Crippen LogP contribution in [0.4, 0.5) is 0 Å². The van der Waals surface area contributed by atoms with Gasteiger partial charge in [0.1, 0.15) is 5.75 Å². The number of aliphatic hydroxyl groups is 1. The molecule has 82 valence electrons. The van der Waals surface area contributed by atoms with Gasteiger partial charge < -0.3 is 19.3 Å². The minimum absolute atomic E-state index is 0.478. The molecule has 0 bridgehead atoms. The van der Waals surface area contributed by atoms with Gasteiger partial charge in [-0.15, -0.1) is 0 Å². The van der Waals surface area contributed by atoms with Crippen LogP contribution in [0.3, 0.4) is 0 Å². The summed E-state index contributed by atoms with van der Waals surface area (Å²) >= 11 is 0. The van der Waals surface area contributed by atoms with E-state index in [2.05, 4.69) is 0 Å². The van der Waals surface area contributed by atoms with Gasteiger partial charge in [0.05, 0.1) is 26.9 Å². The Morgan fingerprint density at radius 3 is 2.60 bits per heavy atom. The van der Waals surface area contributed by atoms with Crippen molar-refractivity contribution in [1.82, 2.24) is 0 Å². The Labute approximate surface area is 88.4 Å². The van der Waals surface area contributed by atoms with E-state index in [-0.39, 0.29) is 0 Å². The van der Waals surface area contributed by atoms with Crippen LogP contribution in [0, 0.1) is 0 Å². The van der Waals surface area contributed by atoms with Gasteiger partial charge in [-0.05, 0) is 6.07 Å². The molecule has 1 N–H and O–H groups in total. The summed E-state index contributed by atoms with van der Waals surface area (Å²) in [5.41, 5.74) is 0.763. The highest BCUT2D eigenvalue weighted by Gasteiger charge is 2.22. The van der Waals surface area contributed by atoms with Gasteiger partial charge in [0, 0.05) is 18.1 Å². The van der Waals surface area contributed by atoms with E-state index >= 15 is 0 Å². The third kappa shape index (κ3) is 1.72. The van der Waals surface area contributed by atoms with E-state index in [9.17, 15) is 5.11 Å². The quantitative estimate of drug-likeness (QED) is 0.804. The highest BCUT2D eigenvalue weighted by atomic mass is 16.5. The average Bonchev–Trinajstić information content (AvgIpc) is 2.28. The van der Waals surface area contributed by atoms with Gasteiger partial charge in [-0.2, -0.15) is 0 Å². The van der Waals surface area contributed by atoms with Crippen molar-refractivity contribution in [3.63, 3.8) is 0 Å². The minimum atomic E-state index is -0.478. The van der Waals surface area contributed by atoms with E-state index in [1.807, 2.05) is 0 Å². The zero-order valence-electron chi connectivity index (χ0n) is 8.82. The number of rotatable bonds is 2. The first-order valence-electron chi connectivity index (χ1n) is 4.83. The first-order chi connectivity index (χ1) is 7.26. The van der Waals surface area contributed by atoms with Gasteiger partial charge in [-0.25, -0.2) is 0 Å². The van der Waals surface area contributed by atoms with Gasteiger partial charge in [-0.3, -0.25) is 0 Å². The number of hydrogen-bond acceptors (Lipinski definition) is 4. The number of fused-ring (bicyclic) bond motifs is 1. The Kier molecular flexibility index (Phi) is 2.68. The summed E-state index contributed by atoms with van der Waals surface area (Å²) in [6.07, 6.45) is 0.135. The van der Waals surface area contributed by atoms with Crippen molar-refractivity contribution in [1.29, 1.82) is 0 Å². The van der Waals surface area contributed by atoms with E-state index in [4.69, 9.17) is 14.2 Å². The second-order valence-corrected chi connectivity index (χ2v) is 3.40. The van der Waals surface area contributed by atoms with Crippen LogP contribution < -0.4 is 14.2 Å². The highest BCUT2D eigenvalue weighted by Crippen LogP contribution is 2.40. The van der Waals surface area contributed by atoms with Crippen molar-refractivity contribution in [2.45, 2.75) is 12.5 Å². The Hall–Kier alpha value is -1.42. The van der Waals surface area contributed by atoms with Crippen LogP contribution in [-0.4, -0.2) is 25.9 Å². The molecule has 1 aromatic rings. The lowest BCUT2D eigenvalue weighted by Gasteiger charge is -2.23. The normalized spacial score (nSPS) is 19.0. The molecule has 0 amide bonds. The van der Waals surface area contributed by atoms with E-state index < -0.39 is 6.10 Å². The summed E-state index contributed by atoms with van der Waals surface area (Å²) < 4.78 is 15.8. The molecule has 0 aliphatic carbocycles. The molecule has 1 atom stereocenters. The SMILES string of the molecule is COc1cc2c(cc1OC)C(O)CCO2. The van der Waals surface area contributed by atoms with Gasteiger partial charge in [-0.1, -0.05) is 0 Å². The molecule has 0 fully saturated rings. The molecular formula is C11H14O4. The lowest BCUT2D eigenvalue weighted by atomic mass is 10.0. The van der Waals surface area contributed by atoms with Crippen molar-refractivity contribution in [3.05, 3.63) is 17.7 Å². The van der Waals surface area contributed by atoms with E-state index in [0.717, 1.165) is 5.56 Å². The van der Waals surface area contributed by atoms with Gasteiger partial charge >= 0.3 is 0 Å². The maximum absolute atomic E-state index is 9.77. The van der Waals surface area contributed by atoms with Crippen molar-refractivity contribution in [2.24, 2.45) is 0 Å². The molecule has 0 aromatic heterocycles. The molecule has 0 spiro atoms. The molecule has 0 radical (unpaired) electrons. The second kappa shape index (κ2) is 3.98. The van der Waals surface area contributed by atoms with Crippen LogP contribution in [0.25, 0.3) is 0 Å². The lowest BCUT2D eigenvalue weighted by Crippen LogP contribution is -2.14. The fraction of sp³-hybridized carbons (Fsp3) is 0.455. The number of benzene rings is 1. The smallest absolute Gasteiger partial charge is 0.164 e. The van der Waals surface area contributed by atoms with Crippen LogP contribution >= 0.6 is 0 Å². The lowest BCUT2D eigenvalue weighted by molar-refractivity contribution is 0.114. The van der Waals surface area contributed by atoms with Crippen LogP contribution in [-0.2, 0) is 0 Å². The van der Waals surface area contributed by atoms with Crippen molar-refractivity contribution in [3.8, 4) is 17.2 Å². The molecule has 1 aromatic carbocycles. The third-order valence-corrected chi connectivity index (χ3v) is 2.52. The van der Waals surface area contributed by atoms with Crippen molar-refractivity contribution in [2.75, 3.05) is 20.8 Å². The molecule has 1 aliphatic rings. The number of hydrogen-bond donors (Lipinski definition) is 1. The van der Waals surface area contributed by atoms with E-state index in [0.29, 0.717) is 30.3 Å². The zero-order chi connectivity index (χ0) is 10.8. The standard InChI is InChI=1S/C11H14O4/c1-13-10-5-7-8(12)3-4-15-9(7)6-11(10)14-2/h5-6,8,12H,3-4H2,1-2H3. The highest BCUT2D eigenvalue weighted by molar-refractivity contribution is 5.52. The average molecular weight is 210 g/mol. The van der Waals surface area contributed by atoms with Crippen LogP contribution in [0.2, 0.25) is 0 Å². The number of aliphatic hydroxyl groups excluding tert-OH is 1. The van der Waals surface area contributed by atoms with Crippen LogP contribution in [0.15, 0.2) is 12.1 Å². The predicted molar refractivity (Wildman–Crippen MR) is 54.6 cm³/mol. The maximum atomic E-state index is 9.77. The van der Waals surface area contributed by atoms with Crippen molar-refractivity contribution < 1.29 is 19.3 Å². The van der Waals surface area contributed by atoms with Crippen molar-refractivity contribution >= 4 is 0 Å². The number of ether oxygens (including phenoxy) is 3. The molecule has 0 saturated carbocycles. The molecule has 1 unspecified atom stereocenters. The Balaban J connectivity index is 2.48. The second-order valence-electron chi connectivity index (χ2n) is 3.40. The molecule has 1 aliphatic heterocycles. The summed E-state index contributed by atoms with van der Waals surface area (Å²) in [4.78, 5) is 0. The first kappa shape index (κ1) is 10.1. The molecule has 15 heavy (non-hydrogen) atoms. The van der Waals surface area contributed by atoms with E-state index in [1.54, 1.807) is 26.4 Å². The monoisotopic (exact) mass is 210 g/mol. The van der Waals surface area contributed by atoms with Crippen LogP contribution in [0.5, 0.6) is 17.2 Å². The Morgan fingerprint density at radius 1 is 1.27 bits per heavy atom. The zero-order valence-corrected chi connectivity index (χ0v) is 8.82. The summed E-state index contributed by atoms with van der Waals surface area (Å²) in [6.45, 7) is 0.531. The third-order valence-electron chi connectivity index (χ3n) is 2.52. The fourth-order valence-corrected chi connectivity index (χ4v) is 1.70. The fourth-order valence-electron chi connectivity index (χ4n) is 1.70. The Morgan fingerprint density at radius 2 is 1.93 bits per heavy atom. The van der Waals surface area contributed by atoms with Gasteiger partial charge in [0.15, 0.2) is 11.5 Å². The first-order valence-corrected chi connectivity index (χ1v) is 4.83. The predicted octanol–water partition coefficient (Wildman–Crippen LogP) is 1.52. The summed E-state index contributed by atoms with van der Waals surface area (Å²) in [5.74, 6) is 1.90. The maximum Gasteiger partial charge on any atom is 0.164 e. The molecule has 4 nitrogen and oxygen atoms in total. The Bertz CT molecular complexity index is 362. The molecule has 1 heterocycles. The topological polar surface area (TPSA) is 47.9 Å². The molecule has 0 saturated heterocycles.